The second-order valence-electron chi connectivity index (χ2n) is 18.5. The first-order chi connectivity index (χ1) is 29.2. The SMILES string of the molecule is CC[C@H](C)[C@@H]([C@H](O)CC(=O)N1CCC[C@H]1[C@H](O)[C@@H](C)C(=O)N[C@H](CNC(=O)c1ccc(NC(C)C)cc1)Cc1ccccc1)N(C)C(=O)[C@@H](NC(=O)[C@H](C(C)C)N(C)C)C(C)C. The highest BCUT2D eigenvalue weighted by Crippen LogP contribution is 2.28. The van der Waals surface area contributed by atoms with Gasteiger partial charge in [-0.05, 0) is 94.8 Å². The number of carbonyl (C=O) groups excluding carboxylic acids is 5. The van der Waals surface area contributed by atoms with E-state index >= 15 is 0 Å². The largest absolute Gasteiger partial charge is 0.390 e. The van der Waals surface area contributed by atoms with E-state index in [1.165, 1.54) is 4.90 Å². The van der Waals surface area contributed by atoms with Gasteiger partial charge in [-0.15, -0.1) is 0 Å². The minimum Gasteiger partial charge on any atom is -0.390 e. The van der Waals surface area contributed by atoms with Crippen LogP contribution >= 0.6 is 0 Å². The van der Waals surface area contributed by atoms with E-state index in [0.29, 0.717) is 37.8 Å². The highest BCUT2D eigenvalue weighted by atomic mass is 16.3. The molecule has 14 heteroatoms. The highest BCUT2D eigenvalue weighted by molar-refractivity contribution is 5.94. The molecule has 1 saturated heterocycles. The molecule has 1 fully saturated rings. The number of likely N-dealkylation sites (tertiary alicyclic amines) is 1. The van der Waals surface area contributed by atoms with Gasteiger partial charge in [-0.25, -0.2) is 0 Å². The minimum atomic E-state index is -1.23. The molecule has 0 saturated carbocycles. The van der Waals surface area contributed by atoms with E-state index in [4.69, 9.17) is 0 Å². The molecule has 9 atom stereocenters. The van der Waals surface area contributed by atoms with Crippen LogP contribution in [-0.4, -0.2) is 137 Å². The third-order valence-electron chi connectivity index (χ3n) is 12.2. The van der Waals surface area contributed by atoms with E-state index in [1.54, 1.807) is 31.0 Å². The van der Waals surface area contributed by atoms with Gasteiger partial charge in [0.2, 0.25) is 23.6 Å². The van der Waals surface area contributed by atoms with Crippen LogP contribution in [0, 0.1) is 23.7 Å². The molecular formula is C48H77N7O7. The standard InChI is InChI=1S/C48H77N7O7/c1-13-32(8)43(54(12)48(62)41(29(2)3)52-47(61)42(30(4)5)53(10)11)39(56)27-40(57)55-25-17-20-38(55)44(58)33(9)45(59)51-37(26-34-18-15-14-16-19-34)28-49-46(60)35-21-23-36(24-22-35)50-31(6)7/h14-16,18-19,21-24,29-33,37-39,41-44,50,56,58H,13,17,20,25-28H2,1-12H3,(H,49,60)(H,51,59)(H,52,61)/t32-,33+,37-,38-,39+,41-,42-,43-,44+/m0/s1. The summed E-state index contributed by atoms with van der Waals surface area (Å²) < 4.78 is 0. The monoisotopic (exact) mass is 864 g/mol. The van der Waals surface area contributed by atoms with Crippen LogP contribution in [-0.2, 0) is 25.6 Å². The van der Waals surface area contributed by atoms with Crippen LogP contribution in [0.25, 0.3) is 0 Å². The van der Waals surface area contributed by atoms with Gasteiger partial charge in [0, 0.05) is 37.4 Å². The maximum Gasteiger partial charge on any atom is 0.251 e. The van der Waals surface area contributed by atoms with Crippen molar-refractivity contribution < 1.29 is 34.2 Å². The molecule has 3 rings (SSSR count). The van der Waals surface area contributed by atoms with Crippen molar-refractivity contribution in [2.75, 3.05) is 39.5 Å². The number of hydrogen-bond acceptors (Lipinski definition) is 9. The van der Waals surface area contributed by atoms with Gasteiger partial charge in [0.25, 0.3) is 5.91 Å². The second-order valence-corrected chi connectivity index (χ2v) is 18.5. The number of nitrogens with one attached hydrogen (secondary N) is 4. The fraction of sp³-hybridized carbons (Fsp3) is 0.646. The lowest BCUT2D eigenvalue weighted by atomic mass is 9.89. The number of rotatable bonds is 23. The Hall–Kier alpha value is -4.53. The van der Waals surface area contributed by atoms with Crippen molar-refractivity contribution in [2.24, 2.45) is 23.7 Å². The summed E-state index contributed by atoms with van der Waals surface area (Å²) in [4.78, 5) is 73.4. The summed E-state index contributed by atoms with van der Waals surface area (Å²) in [7, 11) is 5.27. The Morgan fingerprint density at radius 2 is 1.45 bits per heavy atom. The summed E-state index contributed by atoms with van der Waals surface area (Å²) in [5.74, 6) is -2.99. The molecular weight excluding hydrogens is 787 g/mol. The second kappa shape index (κ2) is 24.4. The molecule has 0 bridgehead atoms. The molecule has 2 aromatic rings. The number of benzene rings is 2. The lowest BCUT2D eigenvalue weighted by molar-refractivity contribution is -0.146. The molecule has 5 amide bonds. The molecule has 0 unspecified atom stereocenters. The van der Waals surface area contributed by atoms with Crippen LogP contribution in [0.3, 0.4) is 0 Å². The first-order valence-corrected chi connectivity index (χ1v) is 22.6. The van der Waals surface area contributed by atoms with Crippen molar-refractivity contribution in [1.29, 1.82) is 0 Å². The van der Waals surface area contributed by atoms with Crippen LogP contribution in [0.4, 0.5) is 5.69 Å². The van der Waals surface area contributed by atoms with E-state index in [9.17, 15) is 34.2 Å². The van der Waals surface area contributed by atoms with E-state index in [0.717, 1.165) is 11.3 Å². The van der Waals surface area contributed by atoms with Crippen molar-refractivity contribution in [2.45, 2.75) is 143 Å². The molecule has 2 aromatic carbocycles. The van der Waals surface area contributed by atoms with E-state index in [-0.39, 0.29) is 60.4 Å². The maximum atomic E-state index is 14.1. The zero-order valence-electron chi connectivity index (χ0n) is 39.4. The zero-order chi connectivity index (χ0) is 46.4. The molecule has 346 valence electrons. The van der Waals surface area contributed by atoms with Crippen molar-refractivity contribution in [3.63, 3.8) is 0 Å². The van der Waals surface area contributed by atoms with Crippen LogP contribution in [0.2, 0.25) is 0 Å². The van der Waals surface area contributed by atoms with Crippen LogP contribution in [0.15, 0.2) is 54.6 Å². The number of aliphatic hydroxyl groups excluding tert-OH is 2. The average molecular weight is 864 g/mol. The minimum absolute atomic E-state index is 0.00878. The van der Waals surface area contributed by atoms with Crippen molar-refractivity contribution in [1.82, 2.24) is 30.7 Å². The van der Waals surface area contributed by atoms with Crippen LogP contribution < -0.4 is 21.3 Å². The van der Waals surface area contributed by atoms with E-state index < -0.39 is 54.2 Å². The molecule has 0 spiro atoms. The topological polar surface area (TPSA) is 184 Å². The molecule has 62 heavy (non-hydrogen) atoms. The quantitative estimate of drug-likeness (QED) is 0.0949. The number of likely N-dealkylation sites (N-methyl/N-ethyl adjacent to an activating group) is 2. The number of aliphatic hydroxyl groups is 2. The van der Waals surface area contributed by atoms with Gasteiger partial charge in [0.15, 0.2) is 0 Å². The summed E-state index contributed by atoms with van der Waals surface area (Å²) >= 11 is 0. The molecule has 6 N–H and O–H groups in total. The van der Waals surface area contributed by atoms with Gasteiger partial charge >= 0.3 is 0 Å². The van der Waals surface area contributed by atoms with E-state index in [2.05, 4.69) is 21.3 Å². The molecule has 1 aliphatic rings. The molecule has 14 nitrogen and oxygen atoms in total. The Morgan fingerprint density at radius 3 is 2.00 bits per heavy atom. The summed E-state index contributed by atoms with van der Waals surface area (Å²) in [5.41, 5.74) is 2.36. The third kappa shape index (κ3) is 14.5. The highest BCUT2D eigenvalue weighted by Gasteiger charge is 2.42. The predicted molar refractivity (Wildman–Crippen MR) is 245 cm³/mol. The molecule has 0 aromatic heterocycles. The Morgan fingerprint density at radius 1 is 0.823 bits per heavy atom. The maximum absolute atomic E-state index is 14.1. The van der Waals surface area contributed by atoms with Crippen molar-refractivity contribution in [3.05, 3.63) is 65.7 Å². The summed E-state index contributed by atoms with van der Waals surface area (Å²) in [6.07, 6.45) is -0.579. The van der Waals surface area contributed by atoms with Crippen molar-refractivity contribution >= 4 is 35.2 Å². The van der Waals surface area contributed by atoms with Crippen molar-refractivity contribution in [3.8, 4) is 0 Å². The summed E-state index contributed by atoms with van der Waals surface area (Å²) in [5, 5.41) is 35.7. The van der Waals surface area contributed by atoms with E-state index in [1.807, 2.05) is 117 Å². The Kier molecular flexibility index (Phi) is 20.4. The predicted octanol–water partition coefficient (Wildman–Crippen LogP) is 4.30. The average Bonchev–Trinajstić information content (AvgIpc) is 3.71. The smallest absolute Gasteiger partial charge is 0.251 e. The number of hydrogen-bond donors (Lipinski definition) is 6. The van der Waals surface area contributed by atoms with Gasteiger partial charge in [-0.1, -0.05) is 85.2 Å². The normalized spacial score (nSPS) is 18.1. The number of anilines is 1. The number of amides is 5. The van der Waals surface area contributed by atoms with Gasteiger partial charge in [0.05, 0.1) is 48.7 Å². The number of carbonyl (C=O) groups is 5. The third-order valence-corrected chi connectivity index (χ3v) is 12.2. The van der Waals surface area contributed by atoms with Crippen LogP contribution in [0.1, 0.15) is 104 Å². The molecule has 0 aliphatic carbocycles. The van der Waals surface area contributed by atoms with Crippen LogP contribution in [0.5, 0.6) is 0 Å². The lowest BCUT2D eigenvalue weighted by Crippen LogP contribution is -2.59. The molecule has 1 heterocycles. The number of nitrogens with zero attached hydrogens (tertiary/aromatic N) is 3. The molecule has 0 radical (unpaired) electrons. The zero-order valence-corrected chi connectivity index (χ0v) is 39.4. The fourth-order valence-corrected chi connectivity index (χ4v) is 8.65. The van der Waals surface area contributed by atoms with Gasteiger partial charge in [0.1, 0.15) is 6.04 Å². The summed E-state index contributed by atoms with van der Waals surface area (Å²) in [6, 6.07) is 13.9. The summed E-state index contributed by atoms with van der Waals surface area (Å²) in [6.45, 7) is 17.7. The van der Waals surface area contributed by atoms with Gasteiger partial charge < -0.3 is 41.3 Å². The Labute approximate surface area is 370 Å². The van der Waals surface area contributed by atoms with Gasteiger partial charge in [-0.3, -0.25) is 28.9 Å². The Bertz CT molecular complexity index is 1730. The first kappa shape index (κ1) is 51.8. The van der Waals surface area contributed by atoms with Gasteiger partial charge in [-0.2, -0.15) is 0 Å². The molecule has 1 aliphatic heterocycles. The first-order valence-electron chi connectivity index (χ1n) is 22.6. The Balaban J connectivity index is 1.72. The fourth-order valence-electron chi connectivity index (χ4n) is 8.65. The lowest BCUT2D eigenvalue weighted by Gasteiger charge is -2.40.